The highest BCUT2D eigenvalue weighted by atomic mass is 19.1. The van der Waals surface area contributed by atoms with Crippen molar-refractivity contribution in [2.45, 2.75) is 25.7 Å². The fourth-order valence-electron chi connectivity index (χ4n) is 3.56. The first-order chi connectivity index (χ1) is 9.15. The minimum absolute atomic E-state index is 0.0821. The summed E-state index contributed by atoms with van der Waals surface area (Å²) in [5, 5.41) is 9.22. The molecule has 3 nitrogen and oxygen atoms in total. The van der Waals surface area contributed by atoms with Gasteiger partial charge in [-0.1, -0.05) is 12.8 Å². The summed E-state index contributed by atoms with van der Waals surface area (Å²) in [6.07, 6.45) is 5.05. The van der Waals surface area contributed by atoms with Gasteiger partial charge in [0.25, 0.3) is 0 Å². The molecule has 1 saturated heterocycles. The highest BCUT2D eigenvalue weighted by Crippen LogP contribution is 2.38. The summed E-state index contributed by atoms with van der Waals surface area (Å²) < 4.78 is 13.2. The fraction of sp³-hybridized carbons (Fsp3) is 0.533. The topological polar surface area (TPSA) is 40.5 Å². The van der Waals surface area contributed by atoms with E-state index in [-0.39, 0.29) is 5.56 Å². The van der Waals surface area contributed by atoms with Gasteiger partial charge >= 0.3 is 5.97 Å². The molecule has 2 atom stereocenters. The van der Waals surface area contributed by atoms with Crippen molar-refractivity contribution in [3.8, 4) is 0 Å². The van der Waals surface area contributed by atoms with Gasteiger partial charge in [0.2, 0.25) is 0 Å². The number of carbonyl (C=O) groups is 1. The smallest absolute Gasteiger partial charge is 0.337 e. The molecule has 0 aromatic heterocycles. The van der Waals surface area contributed by atoms with E-state index in [2.05, 4.69) is 4.90 Å². The summed E-state index contributed by atoms with van der Waals surface area (Å²) in [7, 11) is 0. The zero-order valence-electron chi connectivity index (χ0n) is 10.8. The van der Waals surface area contributed by atoms with E-state index < -0.39 is 11.8 Å². The van der Waals surface area contributed by atoms with E-state index in [4.69, 9.17) is 0 Å². The maximum absolute atomic E-state index is 13.2. The summed E-state index contributed by atoms with van der Waals surface area (Å²) in [6, 6.07) is 4.08. The molecule has 1 aromatic carbocycles. The number of rotatable bonds is 2. The monoisotopic (exact) mass is 263 g/mol. The van der Waals surface area contributed by atoms with Gasteiger partial charge in [0.1, 0.15) is 5.82 Å². The molecule has 2 fully saturated rings. The van der Waals surface area contributed by atoms with Gasteiger partial charge < -0.3 is 10.0 Å². The average molecular weight is 263 g/mol. The summed E-state index contributed by atoms with van der Waals surface area (Å²) in [5.41, 5.74) is 0.752. The van der Waals surface area contributed by atoms with Crippen molar-refractivity contribution in [3.05, 3.63) is 29.6 Å². The Morgan fingerprint density at radius 2 is 1.84 bits per heavy atom. The average Bonchev–Trinajstić information content (AvgIpc) is 2.82. The number of hydrogen-bond acceptors (Lipinski definition) is 2. The van der Waals surface area contributed by atoms with Crippen LogP contribution >= 0.6 is 0 Å². The third-order valence-electron chi connectivity index (χ3n) is 4.51. The van der Waals surface area contributed by atoms with E-state index >= 15 is 0 Å². The number of hydrogen-bond donors (Lipinski definition) is 1. The summed E-state index contributed by atoms with van der Waals surface area (Å²) in [6.45, 7) is 1.83. The number of carboxylic acid groups (broad SMARTS) is 1. The number of aromatic carboxylic acids is 1. The number of benzene rings is 1. The Morgan fingerprint density at radius 3 is 2.42 bits per heavy atom. The second-order valence-corrected chi connectivity index (χ2v) is 5.68. The second-order valence-electron chi connectivity index (χ2n) is 5.68. The van der Waals surface area contributed by atoms with Crippen molar-refractivity contribution in [1.82, 2.24) is 0 Å². The molecule has 1 heterocycles. The van der Waals surface area contributed by atoms with Crippen LogP contribution in [0.1, 0.15) is 36.0 Å². The molecule has 3 rings (SSSR count). The van der Waals surface area contributed by atoms with Crippen LogP contribution in [0, 0.1) is 17.7 Å². The molecule has 102 valence electrons. The van der Waals surface area contributed by atoms with Gasteiger partial charge in [0.05, 0.1) is 11.3 Å². The number of fused-ring (bicyclic) bond motifs is 1. The quantitative estimate of drug-likeness (QED) is 0.891. The highest BCUT2D eigenvalue weighted by Gasteiger charge is 2.35. The Hall–Kier alpha value is -1.58. The molecule has 1 aliphatic carbocycles. The molecule has 4 heteroatoms. The number of carboxylic acids is 1. The van der Waals surface area contributed by atoms with Crippen LogP contribution in [0.5, 0.6) is 0 Å². The van der Waals surface area contributed by atoms with Crippen LogP contribution in [0.2, 0.25) is 0 Å². The number of anilines is 1. The summed E-state index contributed by atoms with van der Waals surface area (Å²) in [5.74, 6) is -0.178. The van der Waals surface area contributed by atoms with Crippen molar-refractivity contribution in [1.29, 1.82) is 0 Å². The van der Waals surface area contributed by atoms with Gasteiger partial charge in [-0.15, -0.1) is 0 Å². The van der Waals surface area contributed by atoms with Gasteiger partial charge in [-0.05, 0) is 42.9 Å². The molecule has 1 aromatic rings. The van der Waals surface area contributed by atoms with Crippen LogP contribution in [0.25, 0.3) is 0 Å². The third kappa shape index (κ3) is 2.31. The van der Waals surface area contributed by atoms with Crippen molar-refractivity contribution in [3.63, 3.8) is 0 Å². The van der Waals surface area contributed by atoms with Crippen molar-refractivity contribution in [2.75, 3.05) is 18.0 Å². The molecule has 1 N–H and O–H groups in total. The van der Waals surface area contributed by atoms with Crippen LogP contribution in [0.4, 0.5) is 10.1 Å². The first-order valence-electron chi connectivity index (χ1n) is 6.93. The molecule has 0 amide bonds. The van der Waals surface area contributed by atoms with Crippen LogP contribution in [-0.4, -0.2) is 24.2 Å². The van der Waals surface area contributed by atoms with E-state index in [0.29, 0.717) is 17.5 Å². The molecule has 19 heavy (non-hydrogen) atoms. The second kappa shape index (κ2) is 4.83. The Morgan fingerprint density at radius 1 is 1.21 bits per heavy atom. The van der Waals surface area contributed by atoms with E-state index in [9.17, 15) is 14.3 Å². The summed E-state index contributed by atoms with van der Waals surface area (Å²) in [4.78, 5) is 13.4. The van der Waals surface area contributed by atoms with E-state index in [1.807, 2.05) is 0 Å². The van der Waals surface area contributed by atoms with Crippen LogP contribution < -0.4 is 4.90 Å². The van der Waals surface area contributed by atoms with Crippen LogP contribution in [0.3, 0.4) is 0 Å². The lowest BCUT2D eigenvalue weighted by atomic mass is 9.82. The Kier molecular flexibility index (Phi) is 3.17. The maximum atomic E-state index is 13.2. The lowest BCUT2D eigenvalue weighted by Gasteiger charge is -2.22. The molecular formula is C15H18FNO2. The van der Waals surface area contributed by atoms with Crippen molar-refractivity contribution >= 4 is 11.7 Å². The molecule has 0 bridgehead atoms. The van der Waals surface area contributed by atoms with Crippen molar-refractivity contribution in [2.24, 2.45) is 11.8 Å². The Labute approximate surface area is 112 Å². The Bertz CT molecular complexity index is 489. The molecule has 2 unspecified atom stereocenters. The number of nitrogens with zero attached hydrogens (tertiary/aromatic N) is 1. The van der Waals surface area contributed by atoms with Gasteiger partial charge in [0, 0.05) is 13.1 Å². The predicted molar refractivity (Wildman–Crippen MR) is 71.0 cm³/mol. The fourth-order valence-corrected chi connectivity index (χ4v) is 3.56. The van der Waals surface area contributed by atoms with Gasteiger partial charge in [0.15, 0.2) is 0 Å². The molecule has 1 saturated carbocycles. The summed E-state index contributed by atoms with van der Waals surface area (Å²) >= 11 is 0. The third-order valence-corrected chi connectivity index (χ3v) is 4.51. The molecular weight excluding hydrogens is 245 g/mol. The van der Waals surface area contributed by atoms with Gasteiger partial charge in [-0.25, -0.2) is 9.18 Å². The van der Waals surface area contributed by atoms with Crippen molar-refractivity contribution < 1.29 is 14.3 Å². The van der Waals surface area contributed by atoms with Gasteiger partial charge in [-0.3, -0.25) is 0 Å². The van der Waals surface area contributed by atoms with E-state index in [1.54, 1.807) is 6.07 Å². The number of halogens is 1. The lowest BCUT2D eigenvalue weighted by Crippen LogP contribution is -2.22. The zero-order valence-corrected chi connectivity index (χ0v) is 10.8. The normalized spacial score (nSPS) is 26.3. The lowest BCUT2D eigenvalue weighted by molar-refractivity contribution is 0.0697. The highest BCUT2D eigenvalue weighted by molar-refractivity contribution is 5.94. The first-order valence-corrected chi connectivity index (χ1v) is 6.93. The zero-order chi connectivity index (χ0) is 13.4. The minimum atomic E-state index is -1.05. The van der Waals surface area contributed by atoms with Crippen LogP contribution in [0.15, 0.2) is 18.2 Å². The predicted octanol–water partition coefficient (Wildman–Crippen LogP) is 3.15. The molecule has 0 spiro atoms. The van der Waals surface area contributed by atoms with E-state index in [0.717, 1.165) is 19.2 Å². The molecule has 0 radical (unpaired) electrons. The largest absolute Gasteiger partial charge is 0.478 e. The van der Waals surface area contributed by atoms with E-state index in [1.165, 1.54) is 31.7 Å². The SMILES string of the molecule is O=C(O)c1cc(F)ccc1N1CC2CCCCC2C1. The standard InChI is InChI=1S/C15H18FNO2/c16-12-5-6-14(13(7-12)15(18)19)17-8-10-3-1-2-4-11(10)9-17/h5-7,10-11H,1-4,8-9H2,(H,18,19). The molecule has 1 aliphatic heterocycles. The molecule has 2 aliphatic rings. The van der Waals surface area contributed by atoms with Crippen LogP contribution in [-0.2, 0) is 0 Å². The first kappa shape index (κ1) is 12.5. The Balaban J connectivity index is 1.88. The van der Waals surface area contributed by atoms with Gasteiger partial charge in [-0.2, -0.15) is 0 Å². The maximum Gasteiger partial charge on any atom is 0.337 e. The minimum Gasteiger partial charge on any atom is -0.478 e.